The molecule has 0 saturated carbocycles. The van der Waals surface area contributed by atoms with Crippen LogP contribution in [0.4, 0.5) is 0 Å². The van der Waals surface area contributed by atoms with Gasteiger partial charge in [-0.1, -0.05) is 11.6 Å². The molecule has 1 unspecified atom stereocenters. The molecule has 1 amide bonds. The summed E-state index contributed by atoms with van der Waals surface area (Å²) in [5.74, 6) is -0.188. The van der Waals surface area contributed by atoms with Crippen molar-refractivity contribution in [2.75, 3.05) is 33.2 Å². The van der Waals surface area contributed by atoms with Crippen LogP contribution >= 0.6 is 22.9 Å². The Morgan fingerprint density at radius 2 is 2.14 bits per heavy atom. The number of hydrogen-bond donors (Lipinski definition) is 1. The van der Waals surface area contributed by atoms with Gasteiger partial charge in [0.05, 0.1) is 11.8 Å². The van der Waals surface area contributed by atoms with E-state index in [2.05, 4.69) is 20.9 Å². The molecular formula is C23H25ClN6O3S2. The smallest absolute Gasteiger partial charge is 0.283 e. The van der Waals surface area contributed by atoms with Gasteiger partial charge in [0.1, 0.15) is 5.03 Å². The molecule has 2 aliphatic heterocycles. The zero-order valence-corrected chi connectivity index (χ0v) is 21.6. The number of halogens is 1. The van der Waals surface area contributed by atoms with Crippen LogP contribution in [0.2, 0.25) is 5.02 Å². The van der Waals surface area contributed by atoms with Crippen LogP contribution in [0.3, 0.4) is 0 Å². The Balaban J connectivity index is 1.38. The van der Waals surface area contributed by atoms with E-state index in [0.29, 0.717) is 27.4 Å². The fourth-order valence-electron chi connectivity index (χ4n) is 4.68. The van der Waals surface area contributed by atoms with Crippen molar-refractivity contribution < 1.29 is 13.2 Å². The predicted molar refractivity (Wildman–Crippen MR) is 134 cm³/mol. The normalized spacial score (nSPS) is 19.6. The van der Waals surface area contributed by atoms with Gasteiger partial charge in [-0.15, -0.1) is 11.3 Å². The lowest BCUT2D eigenvalue weighted by molar-refractivity contribution is 0.0552. The zero-order chi connectivity index (χ0) is 24.7. The van der Waals surface area contributed by atoms with E-state index < -0.39 is 16.1 Å². The molecule has 2 aliphatic rings. The summed E-state index contributed by atoms with van der Waals surface area (Å²) in [6.45, 7) is 2.22. The van der Waals surface area contributed by atoms with E-state index in [0.717, 1.165) is 30.1 Å². The molecule has 184 valence electrons. The number of amides is 1. The first-order chi connectivity index (χ1) is 16.8. The van der Waals surface area contributed by atoms with Crippen molar-refractivity contribution in [1.82, 2.24) is 24.1 Å². The second kappa shape index (κ2) is 9.52. The SMILES string of the molecule is CN1CCc2nc(C(=O)N3CCN(S(=O)(=O)c4cc5cc(Cl)ccc5[nH]4)CC3CCC#N)sc2C1. The number of sulfonamides is 1. The van der Waals surface area contributed by atoms with E-state index in [1.807, 2.05) is 7.05 Å². The average Bonchev–Trinajstić information content (AvgIpc) is 3.46. The highest BCUT2D eigenvalue weighted by Crippen LogP contribution is 2.29. The Kier molecular flexibility index (Phi) is 6.59. The lowest BCUT2D eigenvalue weighted by Gasteiger charge is -2.40. The van der Waals surface area contributed by atoms with Gasteiger partial charge in [-0.25, -0.2) is 13.4 Å². The summed E-state index contributed by atoms with van der Waals surface area (Å²) in [5, 5.41) is 10.9. The van der Waals surface area contributed by atoms with Crippen LogP contribution in [0.15, 0.2) is 29.3 Å². The van der Waals surface area contributed by atoms with E-state index in [9.17, 15) is 13.2 Å². The highest BCUT2D eigenvalue weighted by molar-refractivity contribution is 7.89. The van der Waals surface area contributed by atoms with Gasteiger partial charge in [0.25, 0.3) is 15.9 Å². The fourth-order valence-corrected chi connectivity index (χ4v) is 7.49. The number of aromatic nitrogens is 2. The summed E-state index contributed by atoms with van der Waals surface area (Å²) >= 11 is 7.47. The largest absolute Gasteiger partial charge is 0.345 e. The van der Waals surface area contributed by atoms with Gasteiger partial charge >= 0.3 is 0 Å². The zero-order valence-electron chi connectivity index (χ0n) is 19.2. The lowest BCUT2D eigenvalue weighted by Crippen LogP contribution is -2.56. The number of likely N-dealkylation sites (N-methyl/N-ethyl adjacent to an activating group) is 1. The molecule has 0 spiro atoms. The van der Waals surface area contributed by atoms with Gasteiger partial charge in [-0.05, 0) is 37.7 Å². The monoisotopic (exact) mass is 532 g/mol. The van der Waals surface area contributed by atoms with Crippen LogP contribution < -0.4 is 0 Å². The Morgan fingerprint density at radius 3 is 2.94 bits per heavy atom. The van der Waals surface area contributed by atoms with Crippen molar-refractivity contribution >= 4 is 49.8 Å². The summed E-state index contributed by atoms with van der Waals surface area (Å²) in [7, 11) is -1.78. The molecular weight excluding hydrogens is 508 g/mol. The molecule has 1 fully saturated rings. The number of hydrogen-bond acceptors (Lipinski definition) is 7. The van der Waals surface area contributed by atoms with Crippen LogP contribution in [0.25, 0.3) is 10.9 Å². The quantitative estimate of drug-likeness (QED) is 0.540. The number of nitrogens with zero attached hydrogens (tertiary/aromatic N) is 5. The number of carbonyl (C=O) groups excluding carboxylic acids is 1. The molecule has 3 aromatic rings. The third kappa shape index (κ3) is 4.69. The average molecular weight is 533 g/mol. The number of piperazine rings is 1. The van der Waals surface area contributed by atoms with Gasteiger partial charge in [0.15, 0.2) is 5.01 Å². The number of nitrogens with one attached hydrogen (secondary N) is 1. The molecule has 9 nitrogen and oxygen atoms in total. The van der Waals surface area contributed by atoms with E-state index in [1.54, 1.807) is 29.2 Å². The molecule has 0 radical (unpaired) electrons. The second-order valence-corrected chi connectivity index (χ2v) is 12.4. The molecule has 2 aromatic heterocycles. The third-order valence-corrected chi connectivity index (χ3v) is 9.67. The minimum Gasteiger partial charge on any atom is -0.345 e. The number of carbonyl (C=O) groups is 1. The van der Waals surface area contributed by atoms with Gasteiger partial charge in [0.2, 0.25) is 0 Å². The summed E-state index contributed by atoms with van der Waals surface area (Å²) in [5.41, 5.74) is 1.66. The Hall–Kier alpha value is -2.49. The maximum absolute atomic E-state index is 13.4. The molecule has 35 heavy (non-hydrogen) atoms. The molecule has 12 heteroatoms. The molecule has 1 aromatic carbocycles. The molecule has 1 N–H and O–H groups in total. The number of rotatable bonds is 5. The first-order valence-corrected chi connectivity index (χ1v) is 14.0. The van der Waals surface area contributed by atoms with Gasteiger partial charge in [-0.3, -0.25) is 4.79 Å². The Labute approximate surface area is 213 Å². The summed E-state index contributed by atoms with van der Waals surface area (Å²) in [6.07, 6.45) is 1.44. The van der Waals surface area contributed by atoms with Gasteiger partial charge in [0, 0.05) is 72.4 Å². The number of aromatic amines is 1. The molecule has 5 rings (SSSR count). The summed E-state index contributed by atoms with van der Waals surface area (Å²) in [6, 6.07) is 8.45. The third-order valence-electron chi connectivity index (χ3n) is 6.58. The highest BCUT2D eigenvalue weighted by atomic mass is 35.5. The Bertz CT molecular complexity index is 1430. The van der Waals surface area contributed by atoms with Crippen LogP contribution in [-0.2, 0) is 23.0 Å². The summed E-state index contributed by atoms with van der Waals surface area (Å²) < 4.78 is 28.3. The number of benzene rings is 1. The first-order valence-electron chi connectivity index (χ1n) is 11.4. The van der Waals surface area contributed by atoms with Crippen LogP contribution in [0, 0.1) is 11.3 Å². The lowest BCUT2D eigenvalue weighted by atomic mass is 10.1. The van der Waals surface area contributed by atoms with Crippen molar-refractivity contribution in [2.45, 2.75) is 36.9 Å². The van der Waals surface area contributed by atoms with E-state index in [4.69, 9.17) is 16.9 Å². The number of thiazole rings is 1. The van der Waals surface area contributed by atoms with E-state index >= 15 is 0 Å². The van der Waals surface area contributed by atoms with Crippen molar-refractivity contribution in [1.29, 1.82) is 5.26 Å². The highest BCUT2D eigenvalue weighted by Gasteiger charge is 2.38. The predicted octanol–water partition coefficient (Wildman–Crippen LogP) is 3.08. The van der Waals surface area contributed by atoms with Crippen molar-refractivity contribution in [3.8, 4) is 6.07 Å². The standard InChI is InChI=1S/C23H25ClN6O3S2/c1-28-8-6-19-20(14-28)34-22(27-19)23(31)30-10-9-29(13-17(30)3-2-7-25)35(32,33)21-12-15-11-16(24)4-5-18(15)26-21/h4-5,11-12,17,26H,2-3,6,8-10,13-14H2,1H3. The van der Waals surface area contributed by atoms with Gasteiger partial charge < -0.3 is 14.8 Å². The van der Waals surface area contributed by atoms with Gasteiger partial charge in [-0.2, -0.15) is 9.57 Å². The topological polar surface area (TPSA) is 113 Å². The minimum absolute atomic E-state index is 0.0882. The number of nitriles is 1. The summed E-state index contributed by atoms with van der Waals surface area (Å²) in [4.78, 5) is 26.0. The first kappa shape index (κ1) is 24.2. The van der Waals surface area contributed by atoms with Crippen LogP contribution in [0.5, 0.6) is 0 Å². The van der Waals surface area contributed by atoms with E-state index in [1.165, 1.54) is 15.6 Å². The van der Waals surface area contributed by atoms with Crippen LogP contribution in [-0.4, -0.2) is 77.7 Å². The molecule has 0 bridgehead atoms. The molecule has 4 heterocycles. The molecule has 1 atom stereocenters. The molecule has 0 aliphatic carbocycles. The van der Waals surface area contributed by atoms with Crippen molar-refractivity contribution in [2.24, 2.45) is 0 Å². The van der Waals surface area contributed by atoms with Crippen molar-refractivity contribution in [3.05, 3.63) is 44.9 Å². The minimum atomic E-state index is -3.82. The number of H-pyrrole nitrogens is 1. The maximum atomic E-state index is 13.4. The fraction of sp³-hybridized carbons (Fsp3) is 0.435. The Morgan fingerprint density at radius 1 is 1.31 bits per heavy atom. The molecule has 1 saturated heterocycles. The second-order valence-electron chi connectivity index (χ2n) is 8.95. The van der Waals surface area contributed by atoms with E-state index in [-0.39, 0.29) is 37.0 Å². The van der Waals surface area contributed by atoms with Crippen molar-refractivity contribution in [3.63, 3.8) is 0 Å². The van der Waals surface area contributed by atoms with Crippen LogP contribution in [0.1, 0.15) is 33.2 Å². The maximum Gasteiger partial charge on any atom is 0.283 e. The number of fused-ring (bicyclic) bond motifs is 2.